The number of aryl methyl sites for hydroxylation is 2. The third-order valence-electron chi connectivity index (χ3n) is 7.13. The first-order valence-corrected chi connectivity index (χ1v) is 17.8. The van der Waals surface area contributed by atoms with Gasteiger partial charge in [0, 0.05) is 0 Å². The van der Waals surface area contributed by atoms with E-state index < -0.39 is 17.2 Å². The van der Waals surface area contributed by atoms with Crippen molar-refractivity contribution in [2.24, 2.45) is 0 Å². The molecule has 0 aliphatic carbocycles. The number of benzene rings is 2. The molecule has 2 aromatic carbocycles. The van der Waals surface area contributed by atoms with Crippen LogP contribution in [0.4, 0.5) is 0 Å². The summed E-state index contributed by atoms with van der Waals surface area (Å²) in [4.78, 5) is 0. The van der Waals surface area contributed by atoms with Gasteiger partial charge in [-0.1, -0.05) is 110 Å². The van der Waals surface area contributed by atoms with E-state index in [2.05, 4.69) is 121 Å². The van der Waals surface area contributed by atoms with E-state index in [-0.39, 0.29) is 10.8 Å². The lowest BCUT2D eigenvalue weighted by Gasteiger charge is -2.38. The number of hydrogen-bond donors (Lipinski definition) is 0. The van der Waals surface area contributed by atoms with Crippen molar-refractivity contribution in [1.82, 2.24) is 4.23 Å². The summed E-state index contributed by atoms with van der Waals surface area (Å²) in [6.07, 6.45) is 2.43. The second-order valence-electron chi connectivity index (χ2n) is 12.2. The highest BCUT2D eigenvalue weighted by molar-refractivity contribution is 6.83. The molecule has 0 saturated heterocycles. The Morgan fingerprint density at radius 1 is 0.710 bits per heavy atom. The minimum atomic E-state index is -1.38. The van der Waals surface area contributed by atoms with Crippen LogP contribution in [-0.2, 0) is 23.7 Å². The predicted octanol–water partition coefficient (Wildman–Crippen LogP) is 7.56. The highest BCUT2D eigenvalue weighted by Crippen LogP contribution is 2.25. The highest BCUT2D eigenvalue weighted by atomic mass is 28.4. The average Bonchev–Trinajstić information content (AvgIpc) is 2.69. The van der Waals surface area contributed by atoms with Gasteiger partial charge in [0.25, 0.3) is 0 Å². The zero-order valence-electron chi connectivity index (χ0n) is 22.0. The molecule has 2 rings (SSSR count). The van der Waals surface area contributed by atoms with Crippen molar-refractivity contribution < 1.29 is 0 Å². The van der Waals surface area contributed by atoms with Gasteiger partial charge >= 0.3 is 0 Å². The van der Waals surface area contributed by atoms with Crippen LogP contribution in [0.3, 0.4) is 0 Å². The molecular formula is C28H47NSi2. The molecule has 0 saturated carbocycles. The Kier molecular flexibility index (Phi) is 8.57. The number of hydrogen-bond acceptors (Lipinski definition) is 1. The van der Waals surface area contributed by atoms with Gasteiger partial charge in [-0.05, 0) is 65.1 Å². The monoisotopic (exact) mass is 453 g/mol. The van der Waals surface area contributed by atoms with Crippen LogP contribution in [0.1, 0.15) is 63.8 Å². The van der Waals surface area contributed by atoms with Crippen LogP contribution in [0, 0.1) is 0 Å². The molecular weight excluding hydrogens is 406 g/mol. The minimum Gasteiger partial charge on any atom is -0.351 e. The lowest BCUT2D eigenvalue weighted by Crippen LogP contribution is -2.53. The molecule has 0 radical (unpaired) electrons. The van der Waals surface area contributed by atoms with E-state index in [1.54, 1.807) is 0 Å². The van der Waals surface area contributed by atoms with Crippen LogP contribution < -0.4 is 0 Å². The van der Waals surface area contributed by atoms with Gasteiger partial charge in [0.05, 0.1) is 0 Å². The van der Waals surface area contributed by atoms with Gasteiger partial charge in [0.2, 0.25) is 0 Å². The Morgan fingerprint density at radius 2 is 1.10 bits per heavy atom. The average molecular weight is 454 g/mol. The lowest BCUT2D eigenvalue weighted by atomic mass is 9.86. The third-order valence-corrected chi connectivity index (χ3v) is 16.4. The van der Waals surface area contributed by atoms with Crippen molar-refractivity contribution in [2.45, 2.75) is 96.9 Å². The van der Waals surface area contributed by atoms with Gasteiger partial charge in [-0.15, -0.1) is 0 Å². The highest BCUT2D eigenvalue weighted by Gasteiger charge is 2.29. The fraction of sp³-hybridized carbons (Fsp3) is 0.571. The molecule has 0 heterocycles. The van der Waals surface area contributed by atoms with E-state index in [0.29, 0.717) is 0 Å². The van der Waals surface area contributed by atoms with Crippen LogP contribution >= 0.6 is 0 Å². The van der Waals surface area contributed by atoms with Crippen molar-refractivity contribution in [1.29, 1.82) is 0 Å². The minimum absolute atomic E-state index is 0.237. The Balaban J connectivity index is 1.89. The summed E-state index contributed by atoms with van der Waals surface area (Å²) in [7, 11) is 0.147. The Hall–Kier alpha value is -1.17. The van der Waals surface area contributed by atoms with E-state index in [9.17, 15) is 0 Å². The largest absolute Gasteiger partial charge is 0.351 e. The van der Waals surface area contributed by atoms with Gasteiger partial charge < -0.3 is 4.23 Å². The molecule has 1 unspecified atom stereocenters. The molecule has 0 amide bonds. The molecule has 0 fully saturated rings. The molecule has 1 nitrogen and oxygen atoms in total. The van der Waals surface area contributed by atoms with Gasteiger partial charge in [-0.2, -0.15) is 0 Å². The Morgan fingerprint density at radius 3 is 1.48 bits per heavy atom. The number of nitrogens with zero attached hydrogens (tertiary/aromatic N) is 1. The zero-order valence-corrected chi connectivity index (χ0v) is 24.1. The molecule has 0 bridgehead atoms. The SMILES string of the molecule is CN([SiH](C)CCc1ccc(C(C)(C)C)cc1)[Si](C)(C)CCc1ccc(C(C)(C)C)cc1. The summed E-state index contributed by atoms with van der Waals surface area (Å²) in [5, 5.41) is 0. The van der Waals surface area contributed by atoms with E-state index in [1.165, 1.54) is 47.2 Å². The summed E-state index contributed by atoms with van der Waals surface area (Å²) in [6, 6.07) is 21.4. The first-order valence-electron chi connectivity index (χ1n) is 12.1. The van der Waals surface area contributed by atoms with E-state index in [4.69, 9.17) is 0 Å². The Bertz CT molecular complexity index is 808. The maximum Gasteiger partial charge on any atom is 0.115 e. The van der Waals surface area contributed by atoms with Crippen LogP contribution in [0.25, 0.3) is 0 Å². The zero-order chi connectivity index (χ0) is 23.4. The van der Waals surface area contributed by atoms with Crippen molar-refractivity contribution in [3.63, 3.8) is 0 Å². The summed E-state index contributed by atoms with van der Waals surface area (Å²) in [5.74, 6) is 0. The smallest absolute Gasteiger partial charge is 0.115 e. The topological polar surface area (TPSA) is 3.24 Å². The van der Waals surface area contributed by atoms with Crippen LogP contribution in [0.2, 0.25) is 31.7 Å². The first kappa shape index (κ1) is 26.1. The second kappa shape index (κ2) is 10.2. The maximum atomic E-state index is 2.86. The summed E-state index contributed by atoms with van der Waals surface area (Å²) in [5.41, 5.74) is 6.34. The molecule has 2 aromatic rings. The second-order valence-corrected chi connectivity index (χ2v) is 20.6. The predicted molar refractivity (Wildman–Crippen MR) is 146 cm³/mol. The summed E-state index contributed by atoms with van der Waals surface area (Å²) >= 11 is 0. The normalized spacial score (nSPS) is 14.2. The molecule has 0 aliphatic heterocycles. The molecule has 0 spiro atoms. The van der Waals surface area contributed by atoms with Gasteiger partial charge in [-0.3, -0.25) is 0 Å². The van der Waals surface area contributed by atoms with Crippen LogP contribution in [0.5, 0.6) is 0 Å². The van der Waals surface area contributed by atoms with E-state index in [1.807, 2.05) is 0 Å². The molecule has 172 valence electrons. The summed E-state index contributed by atoms with van der Waals surface area (Å²) in [6.45, 7) is 21.4. The third kappa shape index (κ3) is 7.73. The molecule has 31 heavy (non-hydrogen) atoms. The van der Waals surface area contributed by atoms with Crippen molar-refractivity contribution in [2.75, 3.05) is 7.05 Å². The van der Waals surface area contributed by atoms with Crippen LogP contribution in [0.15, 0.2) is 48.5 Å². The Labute approximate surface area is 196 Å². The quantitative estimate of drug-likeness (QED) is 0.373. The molecule has 0 N–H and O–H groups in total. The fourth-order valence-corrected chi connectivity index (χ4v) is 12.1. The van der Waals surface area contributed by atoms with Crippen LogP contribution in [-0.4, -0.2) is 28.5 Å². The van der Waals surface area contributed by atoms with Crippen molar-refractivity contribution in [3.05, 3.63) is 70.8 Å². The van der Waals surface area contributed by atoms with Crippen molar-refractivity contribution >= 4 is 17.2 Å². The van der Waals surface area contributed by atoms with Gasteiger partial charge in [0.15, 0.2) is 0 Å². The van der Waals surface area contributed by atoms with Gasteiger partial charge in [0.1, 0.15) is 17.2 Å². The van der Waals surface area contributed by atoms with Crippen molar-refractivity contribution in [3.8, 4) is 0 Å². The number of rotatable bonds is 8. The molecule has 3 heteroatoms. The fourth-order valence-electron chi connectivity index (χ4n) is 4.14. The molecule has 0 aromatic heterocycles. The maximum absolute atomic E-state index is 2.86. The molecule has 1 atom stereocenters. The first-order chi connectivity index (χ1) is 14.2. The van der Waals surface area contributed by atoms with E-state index in [0.717, 1.165) is 0 Å². The molecule has 0 aliphatic rings. The summed E-state index contributed by atoms with van der Waals surface area (Å²) < 4.78 is 2.86. The van der Waals surface area contributed by atoms with E-state index >= 15 is 0 Å². The standard InChI is InChI=1S/C28H47NSi2/c1-27(2,3)25-15-11-23(12-16-25)19-21-30(8)29(7)31(9,10)22-20-24-13-17-26(18-14-24)28(4,5)6/h11-18,30H,19-22H2,1-10H3. The van der Waals surface area contributed by atoms with Gasteiger partial charge in [-0.25, -0.2) is 0 Å². The lowest BCUT2D eigenvalue weighted by molar-refractivity contribution is 0.589.